The maximum absolute atomic E-state index is 11.9. The molecule has 0 spiro atoms. The topological polar surface area (TPSA) is 50.4 Å². The summed E-state index contributed by atoms with van der Waals surface area (Å²) in [5, 5.41) is 6.30. The lowest BCUT2D eigenvalue weighted by molar-refractivity contribution is -0.123. The van der Waals surface area contributed by atoms with Gasteiger partial charge in [-0.25, -0.2) is 0 Å². The van der Waals surface area contributed by atoms with E-state index < -0.39 is 0 Å². The number of carbonyl (C=O) groups is 1. The van der Waals surface area contributed by atoms with Crippen LogP contribution < -0.4 is 15.4 Å². The first kappa shape index (κ1) is 17.8. The average Bonchev–Trinajstić information content (AvgIpc) is 2.38. The number of hydrogen-bond donors (Lipinski definition) is 2. The Hall–Kier alpha value is -1.26. The predicted molar refractivity (Wildman–Crippen MR) is 87.4 cm³/mol. The van der Waals surface area contributed by atoms with Gasteiger partial charge in [0.2, 0.25) is 0 Å². The minimum atomic E-state index is -0.0434. The van der Waals surface area contributed by atoms with Crippen LogP contribution in [0.5, 0.6) is 5.75 Å². The molecular weight excluding hydrogens is 288 g/mol. The van der Waals surface area contributed by atoms with Crippen LogP contribution in [0, 0.1) is 20.8 Å². The highest BCUT2D eigenvalue weighted by Crippen LogP contribution is 2.24. The van der Waals surface area contributed by atoms with Crippen LogP contribution in [0.3, 0.4) is 0 Å². The Labute approximate surface area is 133 Å². The molecule has 2 N–H and O–H groups in total. The number of carbonyl (C=O) groups excluding carboxylic acids is 1. The summed E-state index contributed by atoms with van der Waals surface area (Å²) in [6.07, 6.45) is 2.16. The number of benzene rings is 1. The Kier molecular flexibility index (Phi) is 6.99. The summed E-state index contributed by atoms with van der Waals surface area (Å²) in [5.74, 6) is 0.783. The van der Waals surface area contributed by atoms with E-state index in [0.29, 0.717) is 0 Å². The molecule has 118 valence electrons. The molecule has 0 radical (unpaired) electrons. The van der Waals surface area contributed by atoms with Crippen LogP contribution in [0.4, 0.5) is 0 Å². The van der Waals surface area contributed by atoms with E-state index in [1.54, 1.807) is 0 Å². The minimum Gasteiger partial charge on any atom is -0.483 e. The van der Waals surface area contributed by atoms with Crippen LogP contribution in [0.25, 0.3) is 0 Å². The summed E-state index contributed by atoms with van der Waals surface area (Å²) in [5.41, 5.74) is 3.37. The largest absolute Gasteiger partial charge is 0.483 e. The molecule has 1 aromatic carbocycles. The maximum atomic E-state index is 11.9. The van der Waals surface area contributed by atoms with Gasteiger partial charge in [-0.15, -0.1) is 12.4 Å². The van der Waals surface area contributed by atoms with Crippen LogP contribution in [0.1, 0.15) is 29.5 Å². The first-order valence-electron chi connectivity index (χ1n) is 7.27. The van der Waals surface area contributed by atoms with Crippen LogP contribution in [0.2, 0.25) is 0 Å². The molecule has 1 aromatic rings. The van der Waals surface area contributed by atoms with Crippen molar-refractivity contribution in [2.24, 2.45) is 0 Å². The summed E-state index contributed by atoms with van der Waals surface area (Å²) in [6.45, 7) is 8.07. The van der Waals surface area contributed by atoms with Crippen molar-refractivity contribution in [3.05, 3.63) is 28.8 Å². The normalized spacial score (nSPS) is 17.8. The molecule has 1 saturated heterocycles. The van der Waals surface area contributed by atoms with Gasteiger partial charge >= 0.3 is 0 Å². The summed E-state index contributed by atoms with van der Waals surface area (Å²) >= 11 is 0. The highest BCUT2D eigenvalue weighted by molar-refractivity contribution is 5.85. The van der Waals surface area contributed by atoms with Crippen LogP contribution in [0.15, 0.2) is 12.1 Å². The second-order valence-corrected chi connectivity index (χ2v) is 5.63. The van der Waals surface area contributed by atoms with Crippen molar-refractivity contribution in [3.8, 4) is 5.75 Å². The van der Waals surface area contributed by atoms with Crippen molar-refractivity contribution in [2.45, 2.75) is 39.7 Å². The summed E-state index contributed by atoms with van der Waals surface area (Å²) in [4.78, 5) is 11.9. The molecule has 4 nitrogen and oxygen atoms in total. The van der Waals surface area contributed by atoms with Crippen molar-refractivity contribution in [2.75, 3.05) is 19.7 Å². The SMILES string of the molecule is Cc1cc(C)c(OCC(=O)NC2CCCNC2)c(C)c1.Cl. The van der Waals surface area contributed by atoms with E-state index in [-0.39, 0.29) is 31.0 Å². The zero-order chi connectivity index (χ0) is 14.5. The molecule has 0 saturated carbocycles. The second kappa shape index (κ2) is 8.25. The molecule has 0 aromatic heterocycles. The molecule has 0 bridgehead atoms. The number of hydrogen-bond acceptors (Lipinski definition) is 3. The third-order valence-corrected chi connectivity index (χ3v) is 3.61. The molecule has 1 heterocycles. The summed E-state index contributed by atoms with van der Waals surface area (Å²) in [6, 6.07) is 4.39. The standard InChI is InChI=1S/C16H24N2O2.ClH/c1-11-7-12(2)16(13(3)8-11)20-10-15(19)18-14-5-4-6-17-9-14;/h7-8,14,17H,4-6,9-10H2,1-3H3,(H,18,19);1H. The van der Waals surface area contributed by atoms with Crippen molar-refractivity contribution >= 4 is 18.3 Å². The fourth-order valence-electron chi connectivity index (χ4n) is 2.78. The number of amides is 1. The maximum Gasteiger partial charge on any atom is 0.258 e. The lowest BCUT2D eigenvalue weighted by Crippen LogP contribution is -2.47. The molecule has 1 aliphatic heterocycles. The lowest BCUT2D eigenvalue weighted by Gasteiger charge is -2.24. The molecule has 1 unspecified atom stereocenters. The van der Waals surface area contributed by atoms with E-state index in [9.17, 15) is 4.79 Å². The monoisotopic (exact) mass is 312 g/mol. The number of aryl methyl sites for hydroxylation is 3. The van der Waals surface area contributed by atoms with Gasteiger partial charge in [0.25, 0.3) is 5.91 Å². The molecule has 1 fully saturated rings. The Morgan fingerprint density at radius 2 is 2.00 bits per heavy atom. The third-order valence-electron chi connectivity index (χ3n) is 3.61. The number of rotatable bonds is 4. The summed E-state index contributed by atoms with van der Waals surface area (Å²) < 4.78 is 5.69. The Balaban J connectivity index is 0.00000220. The fourth-order valence-corrected chi connectivity index (χ4v) is 2.78. The van der Waals surface area contributed by atoms with Crippen LogP contribution >= 0.6 is 12.4 Å². The molecular formula is C16H25ClN2O2. The van der Waals surface area contributed by atoms with Crippen molar-refractivity contribution in [3.63, 3.8) is 0 Å². The first-order valence-corrected chi connectivity index (χ1v) is 7.27. The van der Waals surface area contributed by atoms with Crippen molar-refractivity contribution in [1.82, 2.24) is 10.6 Å². The smallest absolute Gasteiger partial charge is 0.258 e. The molecule has 1 amide bonds. The zero-order valence-corrected chi connectivity index (χ0v) is 13.8. The van der Waals surface area contributed by atoms with Crippen LogP contribution in [-0.4, -0.2) is 31.6 Å². The van der Waals surface area contributed by atoms with Gasteiger partial charge in [0, 0.05) is 12.6 Å². The van der Waals surface area contributed by atoms with Crippen LogP contribution in [-0.2, 0) is 4.79 Å². The van der Waals surface area contributed by atoms with Crippen molar-refractivity contribution < 1.29 is 9.53 Å². The molecule has 1 atom stereocenters. The van der Waals surface area contributed by atoms with E-state index >= 15 is 0 Å². The molecule has 0 aliphatic carbocycles. The number of nitrogens with one attached hydrogen (secondary N) is 2. The second-order valence-electron chi connectivity index (χ2n) is 5.63. The Bertz CT molecular complexity index is 462. The van der Waals surface area contributed by atoms with E-state index in [2.05, 4.69) is 29.7 Å². The molecule has 21 heavy (non-hydrogen) atoms. The number of ether oxygens (including phenoxy) is 1. The first-order chi connectivity index (χ1) is 9.56. The van der Waals surface area contributed by atoms with E-state index in [0.717, 1.165) is 42.8 Å². The average molecular weight is 313 g/mol. The quantitative estimate of drug-likeness (QED) is 0.897. The zero-order valence-electron chi connectivity index (χ0n) is 13.0. The third kappa shape index (κ3) is 5.21. The Morgan fingerprint density at radius 1 is 1.33 bits per heavy atom. The Morgan fingerprint density at radius 3 is 2.57 bits per heavy atom. The minimum absolute atomic E-state index is 0. The van der Waals surface area contributed by atoms with E-state index in [1.807, 2.05) is 13.8 Å². The van der Waals surface area contributed by atoms with Gasteiger partial charge in [0.15, 0.2) is 6.61 Å². The molecule has 5 heteroatoms. The number of piperidine rings is 1. The fraction of sp³-hybridized carbons (Fsp3) is 0.562. The van der Waals surface area contributed by atoms with Gasteiger partial charge in [0.05, 0.1) is 0 Å². The lowest BCUT2D eigenvalue weighted by atomic mass is 10.1. The summed E-state index contributed by atoms with van der Waals surface area (Å²) in [7, 11) is 0. The molecule has 1 aliphatic rings. The highest BCUT2D eigenvalue weighted by atomic mass is 35.5. The van der Waals surface area contributed by atoms with Crippen molar-refractivity contribution in [1.29, 1.82) is 0 Å². The highest BCUT2D eigenvalue weighted by Gasteiger charge is 2.16. The number of halogens is 1. The predicted octanol–water partition coefficient (Wildman–Crippen LogP) is 2.28. The molecule has 2 rings (SSSR count). The van der Waals surface area contributed by atoms with E-state index in [4.69, 9.17) is 4.74 Å². The van der Waals surface area contributed by atoms with Gasteiger partial charge in [-0.1, -0.05) is 17.7 Å². The van der Waals surface area contributed by atoms with E-state index in [1.165, 1.54) is 5.56 Å². The van der Waals surface area contributed by atoms with Gasteiger partial charge in [0.1, 0.15) is 5.75 Å². The van der Waals surface area contributed by atoms with Gasteiger partial charge in [-0.05, 0) is 51.3 Å². The van der Waals surface area contributed by atoms with Gasteiger partial charge < -0.3 is 15.4 Å². The van der Waals surface area contributed by atoms with Gasteiger partial charge in [-0.2, -0.15) is 0 Å². The van der Waals surface area contributed by atoms with Gasteiger partial charge in [-0.3, -0.25) is 4.79 Å².